The highest BCUT2D eigenvalue weighted by Gasteiger charge is 2.46. The van der Waals surface area contributed by atoms with Crippen molar-refractivity contribution in [3.63, 3.8) is 0 Å². The van der Waals surface area contributed by atoms with Crippen LogP contribution in [-0.2, 0) is 4.74 Å². The standard InChI is InChI=1S/C9H11NO/c1-2-4-9-7(3-1)8-5-10(8)6-11-9/h1-4,7-9H,5-6H2. The summed E-state index contributed by atoms with van der Waals surface area (Å²) in [5.74, 6) is 0.633. The fraction of sp³-hybridized carbons (Fsp3) is 0.556. The summed E-state index contributed by atoms with van der Waals surface area (Å²) in [6.07, 6.45) is 9.02. The third-order valence-corrected chi connectivity index (χ3v) is 2.76. The van der Waals surface area contributed by atoms with Crippen molar-refractivity contribution in [3.8, 4) is 0 Å². The Balaban J connectivity index is 1.89. The molecular weight excluding hydrogens is 138 g/mol. The lowest BCUT2D eigenvalue weighted by atomic mass is 9.93. The van der Waals surface area contributed by atoms with Gasteiger partial charge in [-0.1, -0.05) is 24.3 Å². The van der Waals surface area contributed by atoms with Crippen LogP contribution in [0, 0.1) is 5.92 Å². The van der Waals surface area contributed by atoms with Gasteiger partial charge in [-0.3, -0.25) is 4.90 Å². The molecular formula is C9H11NO. The van der Waals surface area contributed by atoms with Crippen molar-refractivity contribution < 1.29 is 4.74 Å². The van der Waals surface area contributed by atoms with Gasteiger partial charge in [0.05, 0.1) is 6.10 Å². The molecule has 2 heterocycles. The van der Waals surface area contributed by atoms with Gasteiger partial charge < -0.3 is 4.74 Å². The van der Waals surface area contributed by atoms with Crippen molar-refractivity contribution in [1.29, 1.82) is 0 Å². The van der Waals surface area contributed by atoms with Gasteiger partial charge in [-0.15, -0.1) is 0 Å². The zero-order valence-electron chi connectivity index (χ0n) is 6.31. The van der Waals surface area contributed by atoms with Crippen molar-refractivity contribution in [2.75, 3.05) is 13.3 Å². The van der Waals surface area contributed by atoms with Crippen LogP contribution < -0.4 is 0 Å². The second-order valence-corrected chi connectivity index (χ2v) is 3.45. The Kier molecular flexibility index (Phi) is 1.06. The normalized spacial score (nSPS) is 51.6. The van der Waals surface area contributed by atoms with Crippen molar-refractivity contribution in [3.05, 3.63) is 24.3 Å². The molecule has 2 heteroatoms. The van der Waals surface area contributed by atoms with Crippen LogP contribution in [0.15, 0.2) is 24.3 Å². The molecule has 0 aromatic carbocycles. The summed E-state index contributed by atoms with van der Waals surface area (Å²) in [5, 5.41) is 0. The molecule has 2 fully saturated rings. The summed E-state index contributed by atoms with van der Waals surface area (Å²) in [6.45, 7) is 2.07. The topological polar surface area (TPSA) is 12.2 Å². The molecule has 3 rings (SSSR count). The van der Waals surface area contributed by atoms with Crippen LogP contribution in [0.1, 0.15) is 0 Å². The number of ether oxygens (including phenoxy) is 1. The Morgan fingerprint density at radius 3 is 3.18 bits per heavy atom. The van der Waals surface area contributed by atoms with E-state index in [1.165, 1.54) is 6.54 Å². The van der Waals surface area contributed by atoms with Gasteiger partial charge in [0.2, 0.25) is 0 Å². The molecule has 0 N–H and O–H groups in total. The van der Waals surface area contributed by atoms with Crippen LogP contribution in [0.3, 0.4) is 0 Å². The lowest BCUT2D eigenvalue weighted by Crippen LogP contribution is -2.35. The summed E-state index contributed by atoms with van der Waals surface area (Å²) in [5.41, 5.74) is 0. The molecule has 0 amide bonds. The number of hydrogen-bond acceptors (Lipinski definition) is 2. The molecule has 0 saturated carbocycles. The van der Waals surface area contributed by atoms with Gasteiger partial charge in [0, 0.05) is 18.5 Å². The average molecular weight is 149 g/mol. The van der Waals surface area contributed by atoms with Crippen molar-refractivity contribution >= 4 is 0 Å². The number of nitrogens with zero attached hydrogens (tertiary/aromatic N) is 1. The molecule has 0 aromatic heterocycles. The largest absolute Gasteiger partial charge is 0.358 e. The zero-order chi connectivity index (χ0) is 7.26. The minimum absolute atomic E-state index is 0.365. The average Bonchev–Trinajstić information content (AvgIpc) is 2.83. The fourth-order valence-electron chi connectivity index (χ4n) is 2.01. The van der Waals surface area contributed by atoms with Gasteiger partial charge in [-0.25, -0.2) is 0 Å². The molecule has 0 spiro atoms. The van der Waals surface area contributed by atoms with Gasteiger partial charge in [-0.05, 0) is 0 Å². The van der Waals surface area contributed by atoms with E-state index in [4.69, 9.17) is 4.74 Å². The van der Waals surface area contributed by atoms with Crippen LogP contribution in [0.25, 0.3) is 0 Å². The van der Waals surface area contributed by atoms with Gasteiger partial charge in [0.1, 0.15) is 6.73 Å². The number of allylic oxidation sites excluding steroid dienone is 2. The Morgan fingerprint density at radius 1 is 1.27 bits per heavy atom. The predicted molar refractivity (Wildman–Crippen MR) is 42.0 cm³/mol. The number of fused-ring (bicyclic) bond motifs is 3. The molecule has 0 bridgehead atoms. The van der Waals surface area contributed by atoms with Crippen molar-refractivity contribution in [2.45, 2.75) is 12.1 Å². The van der Waals surface area contributed by atoms with Gasteiger partial charge in [0.15, 0.2) is 0 Å². The summed E-state index contributed by atoms with van der Waals surface area (Å²) in [7, 11) is 0. The van der Waals surface area contributed by atoms with E-state index >= 15 is 0 Å². The quantitative estimate of drug-likeness (QED) is 0.472. The van der Waals surface area contributed by atoms with Crippen LogP contribution in [0.2, 0.25) is 0 Å². The maximum atomic E-state index is 5.62. The third kappa shape index (κ3) is 0.798. The number of hydrogen-bond donors (Lipinski definition) is 0. The van der Waals surface area contributed by atoms with E-state index in [1.807, 2.05) is 0 Å². The maximum absolute atomic E-state index is 5.62. The summed E-state index contributed by atoms with van der Waals surface area (Å²) >= 11 is 0. The highest BCUT2D eigenvalue weighted by atomic mass is 16.5. The van der Waals surface area contributed by atoms with Crippen molar-refractivity contribution in [1.82, 2.24) is 4.90 Å². The van der Waals surface area contributed by atoms with Gasteiger partial charge in [0.25, 0.3) is 0 Å². The molecule has 3 aliphatic rings. The van der Waals surface area contributed by atoms with E-state index in [1.54, 1.807) is 0 Å². The fourth-order valence-corrected chi connectivity index (χ4v) is 2.01. The minimum atomic E-state index is 0.365. The minimum Gasteiger partial charge on any atom is -0.358 e. The Morgan fingerprint density at radius 2 is 2.18 bits per heavy atom. The Bertz CT molecular complexity index is 234. The monoisotopic (exact) mass is 149 g/mol. The first kappa shape index (κ1) is 5.98. The molecule has 58 valence electrons. The summed E-state index contributed by atoms with van der Waals surface area (Å²) in [4.78, 5) is 2.37. The van der Waals surface area contributed by atoms with E-state index in [9.17, 15) is 0 Å². The molecule has 11 heavy (non-hydrogen) atoms. The Labute approximate surface area is 66.1 Å². The lowest BCUT2D eigenvalue weighted by molar-refractivity contribution is -0.0208. The summed E-state index contributed by atoms with van der Waals surface area (Å²) < 4.78 is 5.62. The lowest BCUT2D eigenvalue weighted by Gasteiger charge is -2.28. The first-order chi connectivity index (χ1) is 5.45. The zero-order valence-corrected chi connectivity index (χ0v) is 6.31. The Hall–Kier alpha value is -0.600. The molecule has 0 radical (unpaired) electrons. The highest BCUT2D eigenvalue weighted by molar-refractivity contribution is 5.21. The maximum Gasteiger partial charge on any atom is 0.100 e. The molecule has 4 atom stereocenters. The van der Waals surface area contributed by atoms with Crippen molar-refractivity contribution in [2.24, 2.45) is 5.92 Å². The van der Waals surface area contributed by atoms with Crippen LogP contribution >= 0.6 is 0 Å². The van der Waals surface area contributed by atoms with E-state index in [2.05, 4.69) is 29.2 Å². The first-order valence-electron chi connectivity index (χ1n) is 4.16. The molecule has 1 aliphatic carbocycles. The predicted octanol–water partition coefficient (Wildman–Crippen LogP) is 0.769. The summed E-state index contributed by atoms with van der Waals surface area (Å²) in [6, 6.07) is 0.787. The third-order valence-electron chi connectivity index (χ3n) is 2.76. The van der Waals surface area contributed by atoms with E-state index < -0.39 is 0 Å². The molecule has 2 nitrogen and oxygen atoms in total. The van der Waals surface area contributed by atoms with Crippen LogP contribution in [0.4, 0.5) is 0 Å². The second-order valence-electron chi connectivity index (χ2n) is 3.45. The van der Waals surface area contributed by atoms with Crippen LogP contribution in [0.5, 0.6) is 0 Å². The van der Waals surface area contributed by atoms with Crippen LogP contribution in [-0.4, -0.2) is 30.3 Å². The van der Waals surface area contributed by atoms with E-state index in [0.717, 1.165) is 12.8 Å². The van der Waals surface area contributed by atoms with Gasteiger partial charge >= 0.3 is 0 Å². The molecule has 2 saturated heterocycles. The number of rotatable bonds is 0. The molecule has 4 unspecified atom stereocenters. The highest BCUT2D eigenvalue weighted by Crippen LogP contribution is 2.36. The van der Waals surface area contributed by atoms with Gasteiger partial charge in [-0.2, -0.15) is 0 Å². The van der Waals surface area contributed by atoms with E-state index in [0.29, 0.717) is 12.0 Å². The van der Waals surface area contributed by atoms with E-state index in [-0.39, 0.29) is 0 Å². The first-order valence-corrected chi connectivity index (χ1v) is 4.16. The molecule has 0 aromatic rings. The SMILES string of the molecule is C1=CC2OCN3CC3C2C=C1. The smallest absolute Gasteiger partial charge is 0.100 e. The second kappa shape index (κ2) is 1.96. The molecule has 2 aliphatic heterocycles.